The molecular weight excluding hydrogens is 276 g/mol. The van der Waals surface area contributed by atoms with Crippen LogP contribution in [0.4, 0.5) is 0 Å². The summed E-state index contributed by atoms with van der Waals surface area (Å²) in [5, 5.41) is 11.6. The monoisotopic (exact) mass is 300 g/mol. The number of hydrogen-bond acceptors (Lipinski definition) is 4. The third-order valence-electron chi connectivity index (χ3n) is 3.56. The lowest BCUT2D eigenvalue weighted by atomic mass is 10.0. The molecule has 1 aliphatic rings. The summed E-state index contributed by atoms with van der Waals surface area (Å²) in [5.41, 5.74) is 0. The fraction of sp³-hybridized carbons (Fsp3) is 0.786. The number of hydrogen-bond donors (Lipinski definition) is 2. The first-order valence-corrected chi connectivity index (χ1v) is 7.26. The summed E-state index contributed by atoms with van der Waals surface area (Å²) in [4.78, 5) is 36.3. The number of carboxylic acid groups (broad SMARTS) is 1. The summed E-state index contributed by atoms with van der Waals surface area (Å²) in [5.74, 6) is -1.62. The van der Waals surface area contributed by atoms with E-state index in [1.165, 1.54) is 0 Å². The maximum Gasteiger partial charge on any atom is 0.305 e. The van der Waals surface area contributed by atoms with Gasteiger partial charge in [0.2, 0.25) is 11.8 Å². The molecule has 21 heavy (non-hydrogen) atoms. The van der Waals surface area contributed by atoms with Crippen LogP contribution in [0.25, 0.3) is 0 Å². The topological polar surface area (TPSA) is 95.9 Å². The van der Waals surface area contributed by atoms with Crippen LogP contribution in [0.2, 0.25) is 0 Å². The number of aliphatic carboxylic acids is 1. The van der Waals surface area contributed by atoms with Gasteiger partial charge in [0.25, 0.3) is 0 Å². The molecule has 120 valence electrons. The number of carbonyl (C=O) groups is 3. The predicted molar refractivity (Wildman–Crippen MR) is 75.7 cm³/mol. The van der Waals surface area contributed by atoms with Crippen LogP contribution in [0.3, 0.4) is 0 Å². The molecule has 1 heterocycles. The molecule has 2 atom stereocenters. The molecule has 0 aromatic heterocycles. The van der Waals surface area contributed by atoms with Crippen molar-refractivity contribution < 1.29 is 24.2 Å². The van der Waals surface area contributed by atoms with E-state index >= 15 is 0 Å². The van der Waals surface area contributed by atoms with E-state index in [2.05, 4.69) is 5.32 Å². The van der Waals surface area contributed by atoms with Crippen molar-refractivity contribution in [2.45, 2.75) is 38.6 Å². The molecule has 0 aromatic rings. The Morgan fingerprint density at radius 1 is 1.52 bits per heavy atom. The second-order valence-electron chi connectivity index (χ2n) is 5.33. The van der Waals surface area contributed by atoms with Crippen molar-refractivity contribution in [3.05, 3.63) is 0 Å². The molecule has 0 aromatic carbocycles. The molecule has 1 saturated heterocycles. The molecule has 2 N–H and O–H groups in total. The third-order valence-corrected chi connectivity index (χ3v) is 3.56. The summed E-state index contributed by atoms with van der Waals surface area (Å²) in [7, 11) is 1.56. The Hall–Kier alpha value is -1.63. The van der Waals surface area contributed by atoms with Crippen LogP contribution in [-0.4, -0.2) is 60.6 Å². The number of carboxylic acids is 1. The summed E-state index contributed by atoms with van der Waals surface area (Å²) < 4.78 is 4.93. The summed E-state index contributed by atoms with van der Waals surface area (Å²) in [6.45, 7) is 3.23. The Bertz CT molecular complexity index is 386. The van der Waals surface area contributed by atoms with E-state index in [9.17, 15) is 14.4 Å². The Kier molecular flexibility index (Phi) is 7.14. The van der Waals surface area contributed by atoms with E-state index in [1.807, 2.05) is 6.92 Å². The first kappa shape index (κ1) is 17.4. The van der Waals surface area contributed by atoms with Crippen molar-refractivity contribution in [1.82, 2.24) is 10.2 Å². The second kappa shape index (κ2) is 8.61. The van der Waals surface area contributed by atoms with Gasteiger partial charge in [-0.05, 0) is 6.42 Å². The van der Waals surface area contributed by atoms with Gasteiger partial charge in [0.05, 0.1) is 18.9 Å². The van der Waals surface area contributed by atoms with Crippen LogP contribution in [0.15, 0.2) is 0 Å². The largest absolute Gasteiger partial charge is 0.481 e. The second-order valence-corrected chi connectivity index (χ2v) is 5.33. The standard InChI is InChI=1S/C14H24N2O5/c1-3-4-11(8-13(18)19)15-14(20)10-7-12(17)16(9-10)5-6-21-2/h10-11H,3-9H2,1-2H3,(H,15,20)(H,18,19). The van der Waals surface area contributed by atoms with Crippen molar-refractivity contribution in [3.63, 3.8) is 0 Å². The molecule has 7 nitrogen and oxygen atoms in total. The number of likely N-dealkylation sites (tertiary alicyclic amines) is 1. The van der Waals surface area contributed by atoms with Crippen molar-refractivity contribution in [1.29, 1.82) is 0 Å². The van der Waals surface area contributed by atoms with Crippen molar-refractivity contribution >= 4 is 17.8 Å². The zero-order chi connectivity index (χ0) is 15.8. The lowest BCUT2D eigenvalue weighted by Crippen LogP contribution is -2.41. The molecule has 0 spiro atoms. The number of carbonyl (C=O) groups excluding carboxylic acids is 2. The Morgan fingerprint density at radius 2 is 2.24 bits per heavy atom. The smallest absolute Gasteiger partial charge is 0.305 e. The highest BCUT2D eigenvalue weighted by Crippen LogP contribution is 2.18. The summed E-state index contributed by atoms with van der Waals surface area (Å²) in [6, 6.07) is -0.372. The lowest BCUT2D eigenvalue weighted by Gasteiger charge is -2.19. The Balaban J connectivity index is 2.50. The van der Waals surface area contributed by atoms with E-state index in [4.69, 9.17) is 9.84 Å². The zero-order valence-corrected chi connectivity index (χ0v) is 12.6. The molecule has 0 bridgehead atoms. The van der Waals surface area contributed by atoms with Gasteiger partial charge in [0.15, 0.2) is 0 Å². The quantitative estimate of drug-likeness (QED) is 0.636. The van der Waals surface area contributed by atoms with E-state index in [1.54, 1.807) is 12.0 Å². The fourth-order valence-corrected chi connectivity index (χ4v) is 2.47. The van der Waals surface area contributed by atoms with Crippen LogP contribution in [0.5, 0.6) is 0 Å². The number of nitrogens with one attached hydrogen (secondary N) is 1. The maximum atomic E-state index is 12.2. The molecule has 1 aliphatic heterocycles. The van der Waals surface area contributed by atoms with Gasteiger partial charge in [0.1, 0.15) is 0 Å². The van der Waals surface area contributed by atoms with Crippen molar-refractivity contribution in [2.24, 2.45) is 5.92 Å². The molecule has 2 unspecified atom stereocenters. The molecule has 0 radical (unpaired) electrons. The lowest BCUT2D eigenvalue weighted by molar-refractivity contribution is -0.138. The highest BCUT2D eigenvalue weighted by Gasteiger charge is 2.34. The zero-order valence-electron chi connectivity index (χ0n) is 12.6. The van der Waals surface area contributed by atoms with Gasteiger partial charge in [-0.15, -0.1) is 0 Å². The number of rotatable bonds is 9. The van der Waals surface area contributed by atoms with Gasteiger partial charge in [-0.2, -0.15) is 0 Å². The van der Waals surface area contributed by atoms with Crippen molar-refractivity contribution in [2.75, 3.05) is 26.8 Å². The highest BCUT2D eigenvalue weighted by atomic mass is 16.5. The van der Waals surface area contributed by atoms with Gasteiger partial charge >= 0.3 is 5.97 Å². The number of nitrogens with zero attached hydrogens (tertiary/aromatic N) is 1. The third kappa shape index (κ3) is 5.71. The average Bonchev–Trinajstić information content (AvgIpc) is 2.77. The number of ether oxygens (including phenoxy) is 1. The van der Waals surface area contributed by atoms with Crippen molar-refractivity contribution in [3.8, 4) is 0 Å². The summed E-state index contributed by atoms with van der Waals surface area (Å²) in [6.07, 6.45) is 1.50. The van der Waals surface area contributed by atoms with Crippen LogP contribution in [-0.2, 0) is 19.1 Å². The minimum Gasteiger partial charge on any atom is -0.481 e. The molecule has 2 amide bonds. The van der Waals surface area contributed by atoms with Gasteiger partial charge in [-0.3, -0.25) is 14.4 Å². The normalized spacial score (nSPS) is 19.6. The SMILES string of the molecule is CCCC(CC(=O)O)NC(=O)C1CC(=O)N(CCOC)C1. The van der Waals surface area contributed by atoms with Gasteiger partial charge in [-0.25, -0.2) is 0 Å². The fourth-order valence-electron chi connectivity index (χ4n) is 2.47. The van der Waals surface area contributed by atoms with Gasteiger partial charge in [0, 0.05) is 32.7 Å². The average molecular weight is 300 g/mol. The molecule has 7 heteroatoms. The minimum atomic E-state index is -0.932. The van der Waals surface area contributed by atoms with E-state index < -0.39 is 11.9 Å². The van der Waals surface area contributed by atoms with Gasteiger partial charge < -0.3 is 20.1 Å². The first-order chi connectivity index (χ1) is 9.97. The molecule has 0 aliphatic carbocycles. The number of methoxy groups -OCH3 is 1. The van der Waals surface area contributed by atoms with Crippen LogP contribution < -0.4 is 5.32 Å². The molecular formula is C14H24N2O5. The Labute approximate surface area is 124 Å². The van der Waals surface area contributed by atoms with Crippen LogP contribution >= 0.6 is 0 Å². The first-order valence-electron chi connectivity index (χ1n) is 7.26. The molecule has 1 fully saturated rings. The van der Waals surface area contributed by atoms with E-state index in [0.717, 1.165) is 6.42 Å². The Morgan fingerprint density at radius 3 is 2.81 bits per heavy atom. The number of amides is 2. The highest BCUT2D eigenvalue weighted by molar-refractivity contribution is 5.89. The maximum absolute atomic E-state index is 12.2. The minimum absolute atomic E-state index is 0.0579. The van der Waals surface area contributed by atoms with Crippen LogP contribution in [0.1, 0.15) is 32.6 Å². The summed E-state index contributed by atoms with van der Waals surface area (Å²) >= 11 is 0. The van der Waals surface area contributed by atoms with E-state index in [-0.39, 0.29) is 30.7 Å². The molecule has 0 saturated carbocycles. The van der Waals surface area contributed by atoms with Crippen LogP contribution in [0, 0.1) is 5.92 Å². The molecule has 1 rings (SSSR count). The van der Waals surface area contributed by atoms with E-state index in [0.29, 0.717) is 26.1 Å². The van der Waals surface area contributed by atoms with Gasteiger partial charge in [-0.1, -0.05) is 13.3 Å². The predicted octanol–water partition coefficient (Wildman–Crippen LogP) is 0.241.